The SMILES string of the molecule is C=Cc1ccc(OC)c(-c2cnn(CC3CCN(C(=O)OC(C)(C)C)CC3)c2)c1. The molecule has 0 atom stereocenters. The number of aromatic nitrogens is 2. The lowest BCUT2D eigenvalue weighted by Gasteiger charge is -2.33. The number of hydrogen-bond donors (Lipinski definition) is 0. The third kappa shape index (κ3) is 5.40. The molecular weight excluding hydrogens is 366 g/mol. The highest BCUT2D eigenvalue weighted by molar-refractivity contribution is 5.72. The Kier molecular flexibility index (Phi) is 6.30. The lowest BCUT2D eigenvalue weighted by atomic mass is 9.97. The lowest BCUT2D eigenvalue weighted by Crippen LogP contribution is -2.42. The molecule has 156 valence electrons. The molecule has 6 heteroatoms. The summed E-state index contributed by atoms with van der Waals surface area (Å²) in [5.41, 5.74) is 2.62. The largest absolute Gasteiger partial charge is 0.496 e. The van der Waals surface area contributed by atoms with Crippen LogP contribution in [-0.2, 0) is 11.3 Å². The quantitative estimate of drug-likeness (QED) is 0.724. The first-order valence-corrected chi connectivity index (χ1v) is 10.1. The van der Waals surface area contributed by atoms with Crippen LogP contribution in [0.25, 0.3) is 17.2 Å². The topological polar surface area (TPSA) is 56.6 Å². The van der Waals surface area contributed by atoms with Crippen molar-refractivity contribution in [1.82, 2.24) is 14.7 Å². The van der Waals surface area contributed by atoms with E-state index in [1.807, 2.05) is 54.8 Å². The summed E-state index contributed by atoms with van der Waals surface area (Å²) < 4.78 is 13.0. The van der Waals surface area contributed by atoms with E-state index in [1.165, 1.54) is 0 Å². The Bertz CT molecular complexity index is 858. The molecule has 29 heavy (non-hydrogen) atoms. The fraction of sp³-hybridized carbons (Fsp3) is 0.478. The minimum absolute atomic E-state index is 0.216. The first-order chi connectivity index (χ1) is 13.8. The van der Waals surface area contributed by atoms with Crippen LogP contribution in [0.3, 0.4) is 0 Å². The minimum atomic E-state index is -0.455. The average molecular weight is 398 g/mol. The van der Waals surface area contributed by atoms with E-state index in [0.29, 0.717) is 5.92 Å². The number of carbonyl (C=O) groups is 1. The number of likely N-dealkylation sites (tertiary alicyclic amines) is 1. The van der Waals surface area contributed by atoms with Crippen LogP contribution in [0.15, 0.2) is 37.2 Å². The van der Waals surface area contributed by atoms with E-state index in [2.05, 4.69) is 23.9 Å². The van der Waals surface area contributed by atoms with Gasteiger partial charge < -0.3 is 14.4 Å². The van der Waals surface area contributed by atoms with Gasteiger partial charge in [-0.15, -0.1) is 0 Å². The summed E-state index contributed by atoms with van der Waals surface area (Å²) in [6.07, 6.45) is 7.44. The number of amides is 1. The van der Waals surface area contributed by atoms with Crippen LogP contribution in [0, 0.1) is 5.92 Å². The van der Waals surface area contributed by atoms with Crippen molar-refractivity contribution >= 4 is 12.2 Å². The zero-order chi connectivity index (χ0) is 21.0. The molecule has 0 spiro atoms. The molecule has 0 saturated carbocycles. The second-order valence-electron chi connectivity index (χ2n) is 8.53. The van der Waals surface area contributed by atoms with Gasteiger partial charge in [0.2, 0.25) is 0 Å². The van der Waals surface area contributed by atoms with Crippen molar-refractivity contribution in [3.05, 3.63) is 42.7 Å². The molecule has 0 aliphatic carbocycles. The Labute approximate surface area is 173 Å². The summed E-state index contributed by atoms with van der Waals surface area (Å²) in [6, 6.07) is 6.00. The van der Waals surface area contributed by atoms with E-state index < -0.39 is 5.60 Å². The van der Waals surface area contributed by atoms with Gasteiger partial charge in [0.05, 0.1) is 13.3 Å². The Morgan fingerprint density at radius 1 is 1.31 bits per heavy atom. The fourth-order valence-corrected chi connectivity index (χ4v) is 3.57. The zero-order valence-electron chi connectivity index (χ0n) is 17.9. The van der Waals surface area contributed by atoms with Crippen molar-refractivity contribution in [2.24, 2.45) is 5.92 Å². The van der Waals surface area contributed by atoms with Crippen molar-refractivity contribution in [3.63, 3.8) is 0 Å². The van der Waals surface area contributed by atoms with Gasteiger partial charge in [0.1, 0.15) is 11.4 Å². The maximum absolute atomic E-state index is 12.2. The van der Waals surface area contributed by atoms with Crippen molar-refractivity contribution < 1.29 is 14.3 Å². The predicted octanol–water partition coefficient (Wildman–Crippen LogP) is 4.85. The Balaban J connectivity index is 1.61. The van der Waals surface area contributed by atoms with Gasteiger partial charge in [0.15, 0.2) is 0 Å². The van der Waals surface area contributed by atoms with Crippen LogP contribution in [-0.4, -0.2) is 46.6 Å². The van der Waals surface area contributed by atoms with Gasteiger partial charge in [-0.1, -0.05) is 18.7 Å². The van der Waals surface area contributed by atoms with E-state index in [-0.39, 0.29) is 6.09 Å². The first kappa shape index (κ1) is 21.0. The number of benzene rings is 1. The summed E-state index contributed by atoms with van der Waals surface area (Å²) in [6.45, 7) is 11.8. The number of hydrogen-bond acceptors (Lipinski definition) is 4. The van der Waals surface area contributed by atoms with E-state index in [9.17, 15) is 4.79 Å². The summed E-state index contributed by atoms with van der Waals surface area (Å²) >= 11 is 0. The molecule has 1 aromatic heterocycles. The van der Waals surface area contributed by atoms with Crippen LogP contribution in [0.2, 0.25) is 0 Å². The van der Waals surface area contributed by atoms with E-state index in [4.69, 9.17) is 9.47 Å². The van der Waals surface area contributed by atoms with Crippen molar-refractivity contribution in [3.8, 4) is 16.9 Å². The third-order valence-corrected chi connectivity index (χ3v) is 5.11. The molecule has 0 bridgehead atoms. The Hall–Kier alpha value is -2.76. The van der Waals surface area contributed by atoms with E-state index in [0.717, 1.165) is 54.9 Å². The first-order valence-electron chi connectivity index (χ1n) is 10.1. The van der Waals surface area contributed by atoms with Crippen molar-refractivity contribution in [1.29, 1.82) is 0 Å². The average Bonchev–Trinajstić information content (AvgIpc) is 3.15. The second-order valence-corrected chi connectivity index (χ2v) is 8.53. The number of ether oxygens (including phenoxy) is 2. The number of piperidine rings is 1. The summed E-state index contributed by atoms with van der Waals surface area (Å²) in [5, 5.41) is 4.55. The van der Waals surface area contributed by atoms with Gasteiger partial charge in [-0.2, -0.15) is 5.10 Å². The molecule has 1 aliphatic rings. The normalized spacial score (nSPS) is 15.2. The predicted molar refractivity (Wildman–Crippen MR) is 115 cm³/mol. The molecule has 1 aliphatic heterocycles. The standard InChI is InChI=1S/C23H31N3O3/c1-6-17-7-8-21(28-5)20(13-17)19-14-24-26(16-19)15-18-9-11-25(12-10-18)22(27)29-23(2,3)4/h6-8,13-14,16,18H,1,9-12,15H2,2-5H3. The molecule has 0 unspecified atom stereocenters. The molecule has 3 rings (SSSR count). The van der Waals surface area contributed by atoms with Crippen LogP contribution >= 0.6 is 0 Å². The van der Waals surface area contributed by atoms with Crippen LogP contribution in [0.4, 0.5) is 4.79 Å². The van der Waals surface area contributed by atoms with Gasteiger partial charge in [-0.05, 0) is 57.2 Å². The van der Waals surface area contributed by atoms with Gasteiger partial charge in [0, 0.05) is 37.0 Å². The van der Waals surface area contributed by atoms with Gasteiger partial charge in [-0.3, -0.25) is 4.68 Å². The summed E-state index contributed by atoms with van der Waals surface area (Å²) in [5.74, 6) is 1.31. The monoisotopic (exact) mass is 397 g/mol. The molecule has 1 saturated heterocycles. The number of nitrogens with zero attached hydrogens (tertiary/aromatic N) is 3. The van der Waals surface area contributed by atoms with Crippen molar-refractivity contribution in [2.75, 3.05) is 20.2 Å². The molecule has 6 nitrogen and oxygen atoms in total. The highest BCUT2D eigenvalue weighted by Gasteiger charge is 2.27. The smallest absolute Gasteiger partial charge is 0.410 e. The lowest BCUT2D eigenvalue weighted by molar-refractivity contribution is 0.0177. The number of carbonyl (C=O) groups excluding carboxylic acids is 1. The fourth-order valence-electron chi connectivity index (χ4n) is 3.57. The van der Waals surface area contributed by atoms with Crippen LogP contribution in [0.1, 0.15) is 39.2 Å². The Morgan fingerprint density at radius 3 is 2.66 bits per heavy atom. The Morgan fingerprint density at radius 2 is 2.03 bits per heavy atom. The van der Waals surface area contributed by atoms with Gasteiger partial charge in [0.25, 0.3) is 0 Å². The molecule has 0 N–H and O–H groups in total. The zero-order valence-corrected chi connectivity index (χ0v) is 17.9. The van der Waals surface area contributed by atoms with Crippen molar-refractivity contribution in [2.45, 2.75) is 45.8 Å². The minimum Gasteiger partial charge on any atom is -0.496 e. The maximum Gasteiger partial charge on any atom is 0.410 e. The number of rotatable bonds is 5. The molecule has 1 aromatic carbocycles. The molecule has 2 heterocycles. The maximum atomic E-state index is 12.2. The van der Waals surface area contributed by atoms with Gasteiger partial charge >= 0.3 is 6.09 Å². The summed E-state index contributed by atoms with van der Waals surface area (Å²) in [7, 11) is 1.68. The van der Waals surface area contributed by atoms with E-state index in [1.54, 1.807) is 7.11 Å². The molecule has 1 amide bonds. The summed E-state index contributed by atoms with van der Waals surface area (Å²) in [4.78, 5) is 14.0. The van der Waals surface area contributed by atoms with Crippen LogP contribution < -0.4 is 4.74 Å². The highest BCUT2D eigenvalue weighted by atomic mass is 16.6. The number of methoxy groups -OCH3 is 1. The van der Waals surface area contributed by atoms with Crippen LogP contribution in [0.5, 0.6) is 5.75 Å². The van der Waals surface area contributed by atoms with Gasteiger partial charge in [-0.25, -0.2) is 4.79 Å². The molecule has 0 radical (unpaired) electrons. The molecule has 1 fully saturated rings. The van der Waals surface area contributed by atoms with E-state index >= 15 is 0 Å². The third-order valence-electron chi connectivity index (χ3n) is 5.11. The molecule has 2 aromatic rings. The molecular formula is C23H31N3O3. The highest BCUT2D eigenvalue weighted by Crippen LogP contribution is 2.31. The second kappa shape index (κ2) is 8.72.